The van der Waals surface area contributed by atoms with E-state index in [-0.39, 0.29) is 51.7 Å². The minimum absolute atomic E-state index is 0.0206. The first-order chi connectivity index (χ1) is 16.6. The van der Waals surface area contributed by atoms with Gasteiger partial charge in [-0.3, -0.25) is 0 Å². The van der Waals surface area contributed by atoms with Crippen molar-refractivity contribution in [3.8, 4) is 0 Å². The van der Waals surface area contributed by atoms with Gasteiger partial charge < -0.3 is 39.0 Å². The summed E-state index contributed by atoms with van der Waals surface area (Å²) in [6.45, 7) is -0.733. The third kappa shape index (κ3) is 21.3. The Bertz CT molecular complexity index is 517. The fourth-order valence-corrected chi connectivity index (χ4v) is 2.26. The number of hydrogen-bond donors (Lipinski definition) is 3. The average Bonchev–Trinajstić information content (AvgIpc) is 3.30. The lowest BCUT2D eigenvalue weighted by Gasteiger charge is -2.16. The van der Waals surface area contributed by atoms with Crippen LogP contribution in [0.4, 0.5) is 30.7 Å². The van der Waals surface area contributed by atoms with Crippen LogP contribution in [0, 0.1) is 0 Å². The normalized spacial score (nSPS) is 19.4. The molecule has 1 aliphatic rings. The minimum Gasteiger partial charge on any atom is -0.394 e. The fourth-order valence-electron chi connectivity index (χ4n) is 2.26. The highest BCUT2D eigenvalue weighted by atomic mass is 19.4. The lowest BCUT2D eigenvalue weighted by molar-refractivity contribution is -0.282. The molecule has 1 aliphatic heterocycles. The van der Waals surface area contributed by atoms with Gasteiger partial charge in [0.15, 0.2) is 6.29 Å². The van der Waals surface area contributed by atoms with Gasteiger partial charge in [0.05, 0.1) is 32.0 Å². The summed E-state index contributed by atoms with van der Waals surface area (Å²) in [4.78, 5) is 0. The molecule has 1 heterocycles. The van der Waals surface area contributed by atoms with Crippen LogP contribution in [0.2, 0.25) is 0 Å². The van der Waals surface area contributed by atoms with Gasteiger partial charge in [-0.15, -0.1) is 0 Å². The number of aliphatic hydroxyl groups is 3. The Balaban J connectivity index is 0. The van der Waals surface area contributed by atoms with Crippen LogP contribution in [-0.2, 0) is 23.7 Å². The van der Waals surface area contributed by atoms with Crippen LogP contribution in [0.1, 0.15) is 52.4 Å². The lowest BCUT2D eigenvalue weighted by Crippen LogP contribution is -2.25. The molecular formula is C21H39F7O8. The van der Waals surface area contributed by atoms with Crippen molar-refractivity contribution < 1.29 is 69.7 Å². The van der Waals surface area contributed by atoms with Crippen molar-refractivity contribution in [3.63, 3.8) is 0 Å². The largest absolute Gasteiger partial charge is 0.411 e. The zero-order valence-electron chi connectivity index (χ0n) is 20.9. The van der Waals surface area contributed by atoms with Crippen LogP contribution in [0.5, 0.6) is 0 Å². The fraction of sp³-hybridized carbons (Fsp3) is 1.00. The molecule has 0 radical (unpaired) electrons. The third-order valence-corrected chi connectivity index (χ3v) is 4.70. The predicted molar refractivity (Wildman–Crippen MR) is 114 cm³/mol. The molecule has 1 fully saturated rings. The smallest absolute Gasteiger partial charge is 0.394 e. The quantitative estimate of drug-likeness (QED) is 0.221. The first-order valence-electron chi connectivity index (χ1n) is 11.2. The monoisotopic (exact) mass is 552 g/mol. The molecule has 15 heteroatoms. The van der Waals surface area contributed by atoms with Crippen molar-refractivity contribution in [1.29, 1.82) is 0 Å². The van der Waals surface area contributed by atoms with Crippen LogP contribution >= 0.6 is 0 Å². The molecule has 0 aliphatic carbocycles. The Morgan fingerprint density at radius 1 is 0.889 bits per heavy atom. The minimum atomic E-state index is -4.47. The van der Waals surface area contributed by atoms with Gasteiger partial charge >= 0.3 is 6.18 Å². The van der Waals surface area contributed by atoms with E-state index < -0.39 is 56.2 Å². The van der Waals surface area contributed by atoms with Crippen molar-refractivity contribution in [3.05, 3.63) is 0 Å². The summed E-state index contributed by atoms with van der Waals surface area (Å²) in [5.74, 6) is -5.48. The van der Waals surface area contributed by atoms with E-state index in [1.165, 1.54) is 28.1 Å². The number of methoxy groups -OCH3 is 2. The SMILES string of the molecule is CCC(F)(F)CCC(O)CO.CCC(F)(F)CCC1COC(OCC(F)(F)F)O1.COC(CO)OC. The van der Waals surface area contributed by atoms with E-state index in [9.17, 15) is 30.7 Å². The van der Waals surface area contributed by atoms with Crippen molar-refractivity contribution in [1.82, 2.24) is 0 Å². The molecule has 1 rings (SSSR count). The maximum atomic E-state index is 12.9. The maximum Gasteiger partial charge on any atom is 0.411 e. The molecule has 220 valence electrons. The molecule has 36 heavy (non-hydrogen) atoms. The van der Waals surface area contributed by atoms with Crippen LogP contribution < -0.4 is 0 Å². The topological polar surface area (TPSA) is 107 Å². The van der Waals surface area contributed by atoms with Crippen molar-refractivity contribution in [2.24, 2.45) is 0 Å². The van der Waals surface area contributed by atoms with Gasteiger partial charge in [0.1, 0.15) is 6.61 Å². The van der Waals surface area contributed by atoms with E-state index in [2.05, 4.69) is 14.2 Å². The second-order valence-corrected chi connectivity index (χ2v) is 7.72. The molecule has 0 aromatic heterocycles. The molecule has 3 N–H and O–H groups in total. The summed E-state index contributed by atoms with van der Waals surface area (Å²) in [5, 5.41) is 25.3. The molecule has 3 unspecified atom stereocenters. The van der Waals surface area contributed by atoms with Crippen molar-refractivity contribution >= 4 is 0 Å². The van der Waals surface area contributed by atoms with E-state index in [0.717, 1.165) is 0 Å². The van der Waals surface area contributed by atoms with E-state index in [1.807, 2.05) is 0 Å². The van der Waals surface area contributed by atoms with Gasteiger partial charge in [0, 0.05) is 39.9 Å². The van der Waals surface area contributed by atoms with E-state index in [1.54, 1.807) is 0 Å². The van der Waals surface area contributed by atoms with Crippen LogP contribution in [0.15, 0.2) is 0 Å². The number of halogens is 7. The Morgan fingerprint density at radius 3 is 1.81 bits per heavy atom. The molecule has 0 amide bonds. The van der Waals surface area contributed by atoms with Gasteiger partial charge in [0.2, 0.25) is 11.8 Å². The van der Waals surface area contributed by atoms with Gasteiger partial charge in [-0.25, -0.2) is 17.6 Å². The molecule has 0 bridgehead atoms. The van der Waals surface area contributed by atoms with E-state index in [4.69, 9.17) is 24.8 Å². The predicted octanol–water partition coefficient (Wildman–Crippen LogP) is 3.85. The molecular weight excluding hydrogens is 513 g/mol. The van der Waals surface area contributed by atoms with Gasteiger partial charge in [0.25, 0.3) is 6.48 Å². The highest BCUT2D eigenvalue weighted by Crippen LogP contribution is 2.28. The molecule has 1 saturated heterocycles. The highest BCUT2D eigenvalue weighted by Gasteiger charge is 2.35. The summed E-state index contributed by atoms with van der Waals surface area (Å²) in [6.07, 6.45) is -7.86. The lowest BCUT2D eigenvalue weighted by atomic mass is 10.1. The number of hydrogen-bond acceptors (Lipinski definition) is 8. The Kier molecular flexibility index (Phi) is 20.0. The zero-order chi connectivity index (χ0) is 28.4. The van der Waals surface area contributed by atoms with Crippen molar-refractivity contribution in [2.45, 2.75) is 95.4 Å². The summed E-state index contributed by atoms with van der Waals surface area (Å²) in [5.41, 5.74) is 0. The first kappa shape index (κ1) is 37.3. The first-order valence-corrected chi connectivity index (χ1v) is 11.2. The Labute approximate surface area is 206 Å². The molecule has 0 spiro atoms. The molecule has 0 aromatic rings. The van der Waals surface area contributed by atoms with Gasteiger partial charge in [-0.1, -0.05) is 13.8 Å². The van der Waals surface area contributed by atoms with Crippen LogP contribution in [-0.4, -0.2) is 99.0 Å². The molecule has 8 nitrogen and oxygen atoms in total. The summed E-state index contributed by atoms with van der Waals surface area (Å²) >= 11 is 0. The van der Waals surface area contributed by atoms with Crippen LogP contribution in [0.3, 0.4) is 0 Å². The van der Waals surface area contributed by atoms with Gasteiger partial charge in [-0.05, 0) is 12.8 Å². The van der Waals surface area contributed by atoms with E-state index in [0.29, 0.717) is 0 Å². The molecule has 3 atom stereocenters. The molecule has 0 saturated carbocycles. The number of alkyl halides is 7. The maximum absolute atomic E-state index is 12.9. The summed E-state index contributed by atoms with van der Waals surface area (Å²) in [6, 6.07) is 0. The van der Waals surface area contributed by atoms with Gasteiger partial charge in [-0.2, -0.15) is 13.2 Å². The average molecular weight is 553 g/mol. The zero-order valence-corrected chi connectivity index (χ0v) is 20.9. The second kappa shape index (κ2) is 19.3. The Morgan fingerprint density at radius 2 is 1.42 bits per heavy atom. The summed E-state index contributed by atoms with van der Waals surface area (Å²) < 4.78 is 109. The van der Waals surface area contributed by atoms with Crippen molar-refractivity contribution in [2.75, 3.05) is 40.6 Å². The standard InChI is InChI=1S/C10H15F5O3.C7H14F2O2.C4H10O3/c1-2-9(11,12)4-3-7-5-16-8(18-7)17-6-10(13,14)15;1-2-7(8,9)4-3-6(11)5-10;1-6-4(3-5)7-2/h7-8H,2-6H2,1H3;6,10-11H,2-5H2,1H3;4-5H,3H2,1-2H3. The Hall–Kier alpha value is -0.810. The summed E-state index contributed by atoms with van der Waals surface area (Å²) in [7, 11) is 2.95. The number of ether oxygens (including phenoxy) is 5. The van der Waals surface area contributed by atoms with Crippen LogP contribution in [0.25, 0.3) is 0 Å². The number of aliphatic hydroxyl groups excluding tert-OH is 3. The molecule has 0 aromatic carbocycles. The second-order valence-electron chi connectivity index (χ2n) is 7.72. The third-order valence-electron chi connectivity index (χ3n) is 4.70. The highest BCUT2D eigenvalue weighted by molar-refractivity contribution is 4.70. The van der Waals surface area contributed by atoms with E-state index >= 15 is 0 Å². The number of rotatable bonds is 14.